The molecule has 3 aromatic heterocycles. The van der Waals surface area contributed by atoms with E-state index in [-0.39, 0.29) is 29.0 Å². The van der Waals surface area contributed by atoms with Gasteiger partial charge in [0.1, 0.15) is 28.7 Å². The molecule has 0 saturated heterocycles. The average Bonchev–Trinajstić information content (AvgIpc) is 3.51. The Balaban J connectivity index is 1.63. The summed E-state index contributed by atoms with van der Waals surface area (Å²) in [5.74, 6) is -0.163. The van der Waals surface area contributed by atoms with Crippen LogP contribution in [0, 0.1) is 0 Å². The predicted molar refractivity (Wildman–Crippen MR) is 142 cm³/mol. The smallest absolute Gasteiger partial charge is 0.243 e. The number of hydrogen-bond acceptors (Lipinski definition) is 9. The van der Waals surface area contributed by atoms with Gasteiger partial charge in [-0.25, -0.2) is 18.4 Å². The van der Waals surface area contributed by atoms with E-state index in [9.17, 15) is 13.5 Å². The van der Waals surface area contributed by atoms with Gasteiger partial charge in [-0.15, -0.1) is 10.2 Å². The zero-order valence-corrected chi connectivity index (χ0v) is 22.1. The van der Waals surface area contributed by atoms with Crippen LogP contribution in [0.2, 0.25) is 5.02 Å². The fourth-order valence-corrected chi connectivity index (χ4v) is 5.34. The average molecular weight is 555 g/mol. The number of H-pyrrole nitrogens is 1. The van der Waals surface area contributed by atoms with E-state index in [4.69, 9.17) is 16.3 Å². The van der Waals surface area contributed by atoms with Gasteiger partial charge < -0.3 is 9.84 Å². The Labute approximate surface area is 222 Å². The van der Waals surface area contributed by atoms with Crippen LogP contribution in [0.3, 0.4) is 0 Å². The van der Waals surface area contributed by atoms with Crippen LogP contribution in [0.25, 0.3) is 28.1 Å². The third-order valence-electron chi connectivity index (χ3n) is 6.24. The minimum Gasteiger partial charge on any atom is -0.506 e. The van der Waals surface area contributed by atoms with Crippen LogP contribution in [-0.2, 0) is 10.0 Å². The van der Waals surface area contributed by atoms with Crippen molar-refractivity contribution in [2.75, 3.05) is 11.8 Å². The van der Waals surface area contributed by atoms with Gasteiger partial charge in [-0.3, -0.25) is 14.4 Å². The quantitative estimate of drug-likeness (QED) is 0.258. The van der Waals surface area contributed by atoms with Crippen LogP contribution in [0.15, 0.2) is 54.9 Å². The standard InChI is InChI=1S/C24H23ClN8O4S/c1-13(22-26-11-15(25)12-27-22)14(2)38(35,36)32-24-31-30-23(20-16-7-4-5-8-17(16)28-29-20)33(24)21-18(34)9-6-10-19(21)37-3/h4-14,34H,1-3H3,(H,28,29)(H,31,32)/t13-,14-/m0/s1. The molecule has 0 bridgehead atoms. The molecule has 2 aromatic carbocycles. The van der Waals surface area contributed by atoms with Crippen LogP contribution in [0.1, 0.15) is 25.6 Å². The number of halogens is 1. The molecule has 0 spiro atoms. The van der Waals surface area contributed by atoms with Crippen LogP contribution in [0.4, 0.5) is 5.95 Å². The van der Waals surface area contributed by atoms with Crippen molar-refractivity contribution in [1.29, 1.82) is 0 Å². The van der Waals surface area contributed by atoms with Gasteiger partial charge in [-0.1, -0.05) is 42.8 Å². The molecule has 2 atom stereocenters. The number of nitrogens with zero attached hydrogens (tertiary/aromatic N) is 6. The molecular weight excluding hydrogens is 532 g/mol. The van der Waals surface area contributed by atoms with Crippen LogP contribution in [-0.4, -0.2) is 60.8 Å². The molecule has 3 N–H and O–H groups in total. The number of aromatic nitrogens is 7. The molecule has 0 aliphatic heterocycles. The van der Waals surface area contributed by atoms with Gasteiger partial charge in [0, 0.05) is 23.7 Å². The Hall–Kier alpha value is -4.23. The van der Waals surface area contributed by atoms with Gasteiger partial charge in [0.15, 0.2) is 5.82 Å². The number of anilines is 1. The number of para-hydroxylation sites is 2. The van der Waals surface area contributed by atoms with Crippen molar-refractivity contribution in [3.05, 3.63) is 65.7 Å². The molecule has 0 amide bonds. The summed E-state index contributed by atoms with van der Waals surface area (Å²) in [6.45, 7) is 3.24. The maximum absolute atomic E-state index is 13.5. The molecule has 0 unspecified atom stereocenters. The van der Waals surface area contributed by atoms with E-state index in [0.29, 0.717) is 16.5 Å². The second kappa shape index (κ2) is 9.91. The van der Waals surface area contributed by atoms with Gasteiger partial charge in [-0.05, 0) is 25.1 Å². The Bertz CT molecular complexity index is 1720. The second-order valence-electron chi connectivity index (χ2n) is 8.53. The Morgan fingerprint density at radius 3 is 2.55 bits per heavy atom. The summed E-state index contributed by atoms with van der Waals surface area (Å²) in [6, 6.07) is 12.1. The minimum atomic E-state index is -4.07. The number of sulfonamides is 1. The number of fused-ring (bicyclic) bond motifs is 1. The van der Waals surface area contributed by atoms with Crippen molar-refractivity contribution >= 4 is 38.5 Å². The zero-order valence-electron chi connectivity index (χ0n) is 20.5. The van der Waals surface area contributed by atoms with Crippen molar-refractivity contribution in [1.82, 2.24) is 34.9 Å². The van der Waals surface area contributed by atoms with Gasteiger partial charge in [0.05, 0.1) is 22.9 Å². The first-order chi connectivity index (χ1) is 18.2. The van der Waals surface area contributed by atoms with Gasteiger partial charge >= 0.3 is 0 Å². The normalized spacial score (nSPS) is 13.4. The fourth-order valence-electron chi connectivity index (χ4n) is 4.01. The van der Waals surface area contributed by atoms with E-state index in [1.54, 1.807) is 19.1 Å². The maximum Gasteiger partial charge on any atom is 0.243 e. The number of methoxy groups -OCH3 is 1. The zero-order chi connectivity index (χ0) is 27.0. The Morgan fingerprint density at radius 1 is 1.08 bits per heavy atom. The van der Waals surface area contributed by atoms with E-state index >= 15 is 0 Å². The first-order valence-corrected chi connectivity index (χ1v) is 13.4. The summed E-state index contributed by atoms with van der Waals surface area (Å²) in [6.07, 6.45) is 2.82. The molecule has 38 heavy (non-hydrogen) atoms. The lowest BCUT2D eigenvalue weighted by molar-refractivity contribution is 0.405. The number of aromatic hydroxyl groups is 1. The van der Waals surface area contributed by atoms with E-state index in [2.05, 4.69) is 35.1 Å². The van der Waals surface area contributed by atoms with Gasteiger partial charge in [0.2, 0.25) is 16.0 Å². The number of rotatable bonds is 8. The first kappa shape index (κ1) is 25.4. The third-order valence-corrected chi connectivity index (χ3v) is 8.29. The summed E-state index contributed by atoms with van der Waals surface area (Å²) in [7, 11) is -2.63. The molecule has 196 valence electrons. The number of aromatic amines is 1. The molecule has 5 aromatic rings. The number of ether oxygens (including phenoxy) is 1. The maximum atomic E-state index is 13.5. The number of nitrogens with one attached hydrogen (secondary N) is 2. The topological polar surface area (TPSA) is 161 Å². The summed E-state index contributed by atoms with van der Waals surface area (Å²) in [5.41, 5.74) is 1.29. The number of phenolic OH excluding ortho intramolecular Hbond substituents is 1. The van der Waals surface area contributed by atoms with Gasteiger partial charge in [0.25, 0.3) is 0 Å². The van der Waals surface area contributed by atoms with Crippen molar-refractivity contribution in [3.63, 3.8) is 0 Å². The van der Waals surface area contributed by atoms with Crippen LogP contribution >= 0.6 is 11.6 Å². The summed E-state index contributed by atoms with van der Waals surface area (Å²) < 4.78 is 36.4. The number of benzene rings is 2. The monoisotopic (exact) mass is 554 g/mol. The molecule has 0 fully saturated rings. The van der Waals surface area contributed by atoms with Crippen molar-refractivity contribution in [3.8, 4) is 28.7 Å². The fraction of sp³-hybridized carbons (Fsp3) is 0.208. The van der Waals surface area contributed by atoms with E-state index < -0.39 is 21.2 Å². The molecule has 0 aliphatic rings. The Morgan fingerprint density at radius 2 is 1.82 bits per heavy atom. The summed E-state index contributed by atoms with van der Waals surface area (Å²) in [5, 5.41) is 26.6. The van der Waals surface area contributed by atoms with Crippen molar-refractivity contribution in [2.45, 2.75) is 25.0 Å². The van der Waals surface area contributed by atoms with Crippen LogP contribution < -0.4 is 9.46 Å². The van der Waals surface area contributed by atoms with Gasteiger partial charge in [-0.2, -0.15) is 5.10 Å². The highest BCUT2D eigenvalue weighted by Crippen LogP contribution is 2.38. The van der Waals surface area contributed by atoms with Crippen LogP contribution in [0.5, 0.6) is 11.5 Å². The SMILES string of the molecule is COc1cccc(O)c1-n1c(NS(=O)(=O)[C@@H](C)[C@H](C)c2ncc(Cl)cn2)nnc1-c1n[nH]c2ccccc12. The summed E-state index contributed by atoms with van der Waals surface area (Å²) >= 11 is 5.88. The summed E-state index contributed by atoms with van der Waals surface area (Å²) in [4.78, 5) is 8.31. The molecule has 12 nitrogen and oxygen atoms in total. The van der Waals surface area contributed by atoms with Crippen molar-refractivity contribution in [2.24, 2.45) is 0 Å². The van der Waals surface area contributed by atoms with E-state index in [0.717, 1.165) is 10.9 Å². The lowest BCUT2D eigenvalue weighted by Gasteiger charge is -2.21. The first-order valence-electron chi connectivity index (χ1n) is 11.5. The lowest BCUT2D eigenvalue weighted by Crippen LogP contribution is -2.31. The molecule has 0 saturated carbocycles. The molecule has 3 heterocycles. The highest BCUT2D eigenvalue weighted by atomic mass is 35.5. The lowest BCUT2D eigenvalue weighted by atomic mass is 10.1. The second-order valence-corrected chi connectivity index (χ2v) is 11.0. The Kier molecular flexibility index (Phi) is 6.63. The molecule has 14 heteroatoms. The minimum absolute atomic E-state index is 0.140. The highest BCUT2D eigenvalue weighted by Gasteiger charge is 2.33. The third kappa shape index (κ3) is 4.50. The van der Waals surface area contributed by atoms with E-state index in [1.807, 2.05) is 24.3 Å². The van der Waals surface area contributed by atoms with E-state index in [1.165, 1.54) is 37.1 Å². The van der Waals surface area contributed by atoms with Crippen molar-refractivity contribution < 1.29 is 18.3 Å². The largest absolute Gasteiger partial charge is 0.506 e. The molecule has 5 rings (SSSR count). The molecular formula is C24H23ClN8O4S. The highest BCUT2D eigenvalue weighted by molar-refractivity contribution is 7.93. The predicted octanol–water partition coefficient (Wildman–Crippen LogP) is 3.90. The molecule has 0 aliphatic carbocycles. The number of hydrogen-bond donors (Lipinski definition) is 3. The number of phenols is 1. The molecule has 0 radical (unpaired) electrons.